The Hall–Kier alpha value is -5.01. The highest BCUT2D eigenvalue weighted by molar-refractivity contribution is 7.15. The van der Waals surface area contributed by atoms with E-state index in [0.717, 1.165) is 20.9 Å². The van der Waals surface area contributed by atoms with Gasteiger partial charge in [0.2, 0.25) is 11.6 Å². The number of fused-ring (bicyclic) bond motifs is 1. The van der Waals surface area contributed by atoms with Gasteiger partial charge in [-0.3, -0.25) is 9.69 Å². The van der Waals surface area contributed by atoms with Crippen LogP contribution < -0.4 is 4.74 Å². The summed E-state index contributed by atoms with van der Waals surface area (Å²) in [5.74, 6) is -0.0896. The van der Waals surface area contributed by atoms with Crippen molar-refractivity contribution in [1.82, 2.24) is 9.80 Å². The number of hydrogen-bond donors (Lipinski definition) is 0. The first kappa shape index (κ1) is 31.4. The number of carbonyl (C=O) groups is 2. The van der Waals surface area contributed by atoms with Crippen LogP contribution in [0.25, 0.3) is 15.3 Å². The lowest BCUT2D eigenvalue weighted by atomic mass is 9.85. The average Bonchev–Trinajstić information content (AvgIpc) is 3.50. The molecule has 0 aliphatic carbocycles. The lowest BCUT2D eigenvalue weighted by Crippen LogP contribution is -2.51. The molecule has 0 N–H and O–H groups in total. The van der Waals surface area contributed by atoms with Crippen molar-refractivity contribution < 1.29 is 23.5 Å². The van der Waals surface area contributed by atoms with Crippen LogP contribution >= 0.6 is 11.3 Å². The SMILES string of the molecule is [C-]#[N+]c1cc(-c2ccc(C3(C)c4ccccc4C(=O)N(C)/C(=N\C(=O)OC(C)(C)C)N3Cc3ccc(OC)cc3)s2)ccc1F. The molecule has 1 aliphatic heterocycles. The Labute approximate surface area is 266 Å². The second kappa shape index (κ2) is 12.2. The second-order valence-electron chi connectivity index (χ2n) is 11.8. The highest BCUT2D eigenvalue weighted by Gasteiger charge is 2.46. The highest BCUT2D eigenvalue weighted by Crippen LogP contribution is 2.46. The molecule has 2 amide bonds. The lowest BCUT2D eigenvalue weighted by Gasteiger charge is -2.42. The van der Waals surface area contributed by atoms with Crippen molar-refractivity contribution in [2.45, 2.75) is 45.4 Å². The third-order valence-corrected chi connectivity index (χ3v) is 8.93. The standard InChI is InChI=1S/C35H33FN4O4S/c1-34(2,3)44-33(42)38-32-39(6)31(41)25-10-8-9-11-26(25)35(4,40(32)21-22-12-15-24(43-7)16-13-22)30-19-18-29(45-30)23-14-17-27(36)28(20-23)37-5/h8-20H,21H2,1-4,6-7H3/b38-32+. The molecule has 10 heteroatoms. The minimum Gasteiger partial charge on any atom is -0.497 e. The summed E-state index contributed by atoms with van der Waals surface area (Å²) < 4.78 is 25.1. The van der Waals surface area contributed by atoms with Gasteiger partial charge in [0.15, 0.2) is 0 Å². The Morgan fingerprint density at radius 2 is 1.78 bits per heavy atom. The van der Waals surface area contributed by atoms with E-state index in [0.29, 0.717) is 16.9 Å². The predicted molar refractivity (Wildman–Crippen MR) is 173 cm³/mol. The van der Waals surface area contributed by atoms with Crippen LogP contribution in [0.5, 0.6) is 5.75 Å². The van der Waals surface area contributed by atoms with E-state index in [1.165, 1.54) is 28.4 Å². The molecule has 45 heavy (non-hydrogen) atoms. The van der Waals surface area contributed by atoms with Gasteiger partial charge in [0.05, 0.1) is 13.7 Å². The van der Waals surface area contributed by atoms with E-state index in [-0.39, 0.29) is 24.1 Å². The number of thiophene rings is 1. The number of nitrogens with zero attached hydrogens (tertiary/aromatic N) is 4. The van der Waals surface area contributed by atoms with Crippen molar-refractivity contribution in [3.05, 3.63) is 118 Å². The van der Waals surface area contributed by atoms with Gasteiger partial charge in [0, 0.05) is 28.9 Å². The molecular formula is C35H33FN4O4S. The van der Waals surface area contributed by atoms with Crippen molar-refractivity contribution >= 4 is 35.0 Å². The van der Waals surface area contributed by atoms with Gasteiger partial charge in [0.1, 0.15) is 22.7 Å². The molecule has 8 nitrogen and oxygen atoms in total. The molecule has 2 heterocycles. The van der Waals surface area contributed by atoms with Crippen LogP contribution in [0.1, 0.15) is 54.1 Å². The van der Waals surface area contributed by atoms with E-state index in [2.05, 4.69) is 9.84 Å². The van der Waals surface area contributed by atoms with Crippen LogP contribution in [-0.4, -0.2) is 47.5 Å². The zero-order valence-electron chi connectivity index (χ0n) is 25.9. The molecule has 1 atom stereocenters. The number of ether oxygens (including phenoxy) is 2. The molecule has 0 saturated carbocycles. The molecule has 0 saturated heterocycles. The van der Waals surface area contributed by atoms with Crippen molar-refractivity contribution in [2.75, 3.05) is 14.2 Å². The lowest BCUT2D eigenvalue weighted by molar-refractivity contribution is 0.0595. The van der Waals surface area contributed by atoms with Gasteiger partial charge in [-0.1, -0.05) is 36.4 Å². The van der Waals surface area contributed by atoms with E-state index in [1.54, 1.807) is 53.1 Å². The molecule has 3 aromatic carbocycles. The quantitative estimate of drug-likeness (QED) is 0.209. The number of rotatable bonds is 5. The molecule has 0 radical (unpaired) electrons. The molecule has 0 fully saturated rings. The number of guanidine groups is 1. The third kappa shape index (κ3) is 6.17. The summed E-state index contributed by atoms with van der Waals surface area (Å²) in [4.78, 5) is 40.0. The Morgan fingerprint density at radius 3 is 2.44 bits per heavy atom. The molecular weight excluding hydrogens is 591 g/mol. The number of benzene rings is 3. The Morgan fingerprint density at radius 1 is 1.07 bits per heavy atom. The number of halogens is 1. The summed E-state index contributed by atoms with van der Waals surface area (Å²) in [6.45, 7) is 14.9. The maximum absolute atomic E-state index is 14.2. The molecule has 230 valence electrons. The molecule has 0 bridgehead atoms. The van der Waals surface area contributed by atoms with Crippen molar-refractivity contribution in [2.24, 2.45) is 4.99 Å². The normalized spacial score (nSPS) is 17.5. The van der Waals surface area contributed by atoms with Gasteiger partial charge in [-0.05, 0) is 86.8 Å². The summed E-state index contributed by atoms with van der Waals surface area (Å²) in [5, 5.41) is 0. The van der Waals surface area contributed by atoms with Gasteiger partial charge in [-0.2, -0.15) is 0 Å². The largest absolute Gasteiger partial charge is 0.497 e. The Balaban J connectivity index is 1.75. The van der Waals surface area contributed by atoms with Crippen LogP contribution in [0.3, 0.4) is 0 Å². The van der Waals surface area contributed by atoms with E-state index in [4.69, 9.17) is 16.0 Å². The Kier molecular flexibility index (Phi) is 8.50. The number of methoxy groups -OCH3 is 1. The van der Waals surface area contributed by atoms with Crippen LogP contribution in [-0.2, 0) is 16.8 Å². The molecule has 1 aliphatic rings. The first-order chi connectivity index (χ1) is 21.3. The maximum Gasteiger partial charge on any atom is 0.437 e. The topological polar surface area (TPSA) is 75.8 Å². The van der Waals surface area contributed by atoms with Gasteiger partial charge in [0.25, 0.3) is 5.91 Å². The summed E-state index contributed by atoms with van der Waals surface area (Å²) in [6.07, 6.45) is -0.824. The molecule has 0 spiro atoms. The van der Waals surface area contributed by atoms with Gasteiger partial charge in [-0.25, -0.2) is 14.0 Å². The van der Waals surface area contributed by atoms with Crippen molar-refractivity contribution in [3.8, 4) is 16.2 Å². The average molecular weight is 625 g/mol. The van der Waals surface area contributed by atoms with Crippen LogP contribution in [0, 0.1) is 12.4 Å². The minimum absolute atomic E-state index is 0.0615. The fraction of sp³-hybridized carbons (Fsp3) is 0.257. The number of aliphatic imine (C=N–C) groups is 1. The van der Waals surface area contributed by atoms with E-state index in [1.807, 2.05) is 60.4 Å². The second-order valence-corrected chi connectivity index (χ2v) is 12.8. The molecule has 5 rings (SSSR count). The summed E-state index contributed by atoms with van der Waals surface area (Å²) in [6, 6.07) is 23.3. The van der Waals surface area contributed by atoms with Gasteiger partial charge in [-0.15, -0.1) is 16.3 Å². The van der Waals surface area contributed by atoms with E-state index in [9.17, 15) is 14.0 Å². The predicted octanol–water partition coefficient (Wildman–Crippen LogP) is 8.26. The fourth-order valence-electron chi connectivity index (χ4n) is 5.31. The smallest absolute Gasteiger partial charge is 0.437 e. The molecule has 1 unspecified atom stereocenters. The fourth-order valence-corrected chi connectivity index (χ4v) is 6.48. The third-order valence-electron chi connectivity index (χ3n) is 7.59. The monoisotopic (exact) mass is 624 g/mol. The maximum atomic E-state index is 14.2. The number of amides is 2. The zero-order chi connectivity index (χ0) is 32.5. The summed E-state index contributed by atoms with van der Waals surface area (Å²) >= 11 is 1.46. The first-order valence-electron chi connectivity index (χ1n) is 14.2. The molecule has 1 aromatic heterocycles. The highest BCUT2D eigenvalue weighted by atomic mass is 32.1. The van der Waals surface area contributed by atoms with E-state index < -0.39 is 23.1 Å². The van der Waals surface area contributed by atoms with Crippen LogP contribution in [0.4, 0.5) is 14.9 Å². The number of carbonyl (C=O) groups excluding carboxylic acids is 2. The first-order valence-corrected chi connectivity index (χ1v) is 15.0. The zero-order valence-corrected chi connectivity index (χ0v) is 26.7. The summed E-state index contributed by atoms with van der Waals surface area (Å²) in [5.41, 5.74) is 0.876. The van der Waals surface area contributed by atoms with Gasteiger partial charge >= 0.3 is 6.09 Å². The van der Waals surface area contributed by atoms with Crippen molar-refractivity contribution in [3.63, 3.8) is 0 Å². The van der Waals surface area contributed by atoms with Crippen LogP contribution in [0.2, 0.25) is 0 Å². The van der Waals surface area contributed by atoms with Crippen molar-refractivity contribution in [1.29, 1.82) is 0 Å². The number of hydrogen-bond acceptors (Lipinski definition) is 5. The summed E-state index contributed by atoms with van der Waals surface area (Å²) in [7, 11) is 3.19. The molecule has 4 aromatic rings. The minimum atomic E-state index is -1.02. The van der Waals surface area contributed by atoms with Crippen LogP contribution in [0.15, 0.2) is 83.9 Å². The Bertz CT molecular complexity index is 1840. The van der Waals surface area contributed by atoms with Gasteiger partial charge < -0.3 is 14.4 Å². The van der Waals surface area contributed by atoms with E-state index >= 15 is 0 Å².